The summed E-state index contributed by atoms with van der Waals surface area (Å²) in [4.78, 5) is 18.9. The summed E-state index contributed by atoms with van der Waals surface area (Å²) in [6.45, 7) is 3.89. The summed E-state index contributed by atoms with van der Waals surface area (Å²) in [5.74, 6) is 1.16. The zero-order valence-corrected chi connectivity index (χ0v) is 11.0. The van der Waals surface area contributed by atoms with Crippen molar-refractivity contribution in [1.82, 2.24) is 0 Å². The van der Waals surface area contributed by atoms with Crippen LogP contribution in [0, 0.1) is 5.92 Å². The molecule has 2 atom stereocenters. The van der Waals surface area contributed by atoms with Crippen LogP contribution in [0.5, 0.6) is 0 Å². The molecule has 1 saturated heterocycles. The summed E-state index contributed by atoms with van der Waals surface area (Å²) in [7, 11) is -1.00. The molecule has 1 aliphatic heterocycles. The quantitative estimate of drug-likeness (QED) is 0.600. The Balaban J connectivity index is 2.99. The third-order valence-corrected chi connectivity index (χ3v) is 9.09. The van der Waals surface area contributed by atoms with E-state index in [1.165, 1.54) is 10.8 Å². The van der Waals surface area contributed by atoms with Gasteiger partial charge in [0, 0.05) is 5.75 Å². The van der Waals surface area contributed by atoms with E-state index in [9.17, 15) is 14.4 Å². The van der Waals surface area contributed by atoms with E-state index in [1.807, 2.05) is 13.8 Å². The summed E-state index contributed by atoms with van der Waals surface area (Å²) >= 11 is 0. The molecule has 0 amide bonds. The van der Waals surface area contributed by atoms with Crippen molar-refractivity contribution in [1.29, 1.82) is 0 Å². The minimum atomic E-state index is -4.00. The number of hydrogen-bond acceptors (Lipinski definition) is 3. The Morgan fingerprint density at radius 1 is 1.50 bits per heavy atom. The summed E-state index contributed by atoms with van der Waals surface area (Å²) in [5.41, 5.74) is 0. The lowest BCUT2D eigenvalue weighted by atomic mass is 9.96. The standard InChI is InChI=1S/C8H17O3PS2/c1-3-7-5-6-13-14-8(7,4-2)12(9,10)11/h7H,3-6H2,1-2H3,(H2,9,10,11). The fourth-order valence-electron chi connectivity index (χ4n) is 1.99. The maximum Gasteiger partial charge on any atom is 0.342 e. The molecule has 0 aromatic heterocycles. The van der Waals surface area contributed by atoms with E-state index >= 15 is 0 Å². The molecule has 0 radical (unpaired) electrons. The van der Waals surface area contributed by atoms with Gasteiger partial charge in [0.1, 0.15) is 4.49 Å². The Labute approximate surface area is 93.0 Å². The molecule has 6 heteroatoms. The van der Waals surface area contributed by atoms with Crippen molar-refractivity contribution in [2.75, 3.05) is 5.75 Å². The summed E-state index contributed by atoms with van der Waals surface area (Å²) in [5, 5.41) is 0. The zero-order chi connectivity index (χ0) is 10.8. The summed E-state index contributed by atoms with van der Waals surface area (Å²) in [6.07, 6.45) is 2.33. The molecule has 2 N–H and O–H groups in total. The van der Waals surface area contributed by atoms with Crippen molar-refractivity contribution in [3.05, 3.63) is 0 Å². The molecule has 14 heavy (non-hydrogen) atoms. The van der Waals surface area contributed by atoms with Gasteiger partial charge in [0.05, 0.1) is 0 Å². The fourth-order valence-corrected chi connectivity index (χ4v) is 8.05. The van der Waals surface area contributed by atoms with Crippen LogP contribution in [0.2, 0.25) is 0 Å². The smallest absolute Gasteiger partial charge is 0.323 e. The highest BCUT2D eigenvalue weighted by atomic mass is 33.1. The van der Waals surface area contributed by atoms with Gasteiger partial charge >= 0.3 is 7.60 Å². The lowest BCUT2D eigenvalue weighted by Crippen LogP contribution is -2.35. The third kappa shape index (κ3) is 2.17. The van der Waals surface area contributed by atoms with E-state index in [1.54, 1.807) is 10.8 Å². The van der Waals surface area contributed by atoms with Crippen molar-refractivity contribution >= 4 is 29.2 Å². The van der Waals surface area contributed by atoms with Gasteiger partial charge in [-0.2, -0.15) is 0 Å². The molecule has 1 fully saturated rings. The SMILES string of the molecule is CCC1CCSSC1(CC)P(=O)(O)O. The highest BCUT2D eigenvalue weighted by molar-refractivity contribution is 8.78. The number of hydrogen-bond donors (Lipinski definition) is 2. The van der Waals surface area contributed by atoms with E-state index in [0.29, 0.717) is 6.42 Å². The first kappa shape index (κ1) is 12.9. The highest BCUT2D eigenvalue weighted by Gasteiger charge is 2.52. The van der Waals surface area contributed by atoms with Gasteiger partial charge in [-0.05, 0) is 18.8 Å². The molecule has 1 rings (SSSR count). The summed E-state index contributed by atoms with van der Waals surface area (Å²) < 4.78 is 10.7. The van der Waals surface area contributed by atoms with Crippen molar-refractivity contribution in [3.63, 3.8) is 0 Å². The highest BCUT2D eigenvalue weighted by Crippen LogP contribution is 2.68. The molecule has 84 valence electrons. The van der Waals surface area contributed by atoms with Gasteiger partial charge in [0.25, 0.3) is 0 Å². The van der Waals surface area contributed by atoms with Crippen LogP contribution in [0.4, 0.5) is 0 Å². The zero-order valence-electron chi connectivity index (χ0n) is 8.47. The molecule has 0 aliphatic carbocycles. The predicted molar refractivity (Wildman–Crippen MR) is 63.5 cm³/mol. The van der Waals surface area contributed by atoms with Crippen LogP contribution < -0.4 is 0 Å². The van der Waals surface area contributed by atoms with Crippen LogP contribution in [0.3, 0.4) is 0 Å². The minimum Gasteiger partial charge on any atom is -0.323 e. The largest absolute Gasteiger partial charge is 0.342 e. The van der Waals surface area contributed by atoms with Crippen molar-refractivity contribution in [2.24, 2.45) is 5.92 Å². The summed E-state index contributed by atoms with van der Waals surface area (Å²) in [6, 6.07) is 0. The minimum absolute atomic E-state index is 0.152. The Morgan fingerprint density at radius 2 is 2.14 bits per heavy atom. The van der Waals surface area contributed by atoms with Crippen LogP contribution in [0.15, 0.2) is 0 Å². The molecule has 1 aliphatic rings. The second-order valence-corrected chi connectivity index (χ2v) is 8.48. The van der Waals surface area contributed by atoms with E-state index in [0.717, 1.165) is 18.6 Å². The van der Waals surface area contributed by atoms with Gasteiger partial charge < -0.3 is 9.79 Å². The predicted octanol–water partition coefficient (Wildman–Crippen LogP) is 3.08. The van der Waals surface area contributed by atoms with Gasteiger partial charge in [0.15, 0.2) is 0 Å². The first-order valence-corrected chi connectivity index (χ1v) is 8.77. The lowest BCUT2D eigenvalue weighted by molar-refractivity contribution is 0.307. The lowest BCUT2D eigenvalue weighted by Gasteiger charge is -2.41. The van der Waals surface area contributed by atoms with Gasteiger partial charge in [0.2, 0.25) is 0 Å². The number of rotatable bonds is 3. The second kappa shape index (κ2) is 4.79. The van der Waals surface area contributed by atoms with Crippen molar-refractivity contribution in [2.45, 2.75) is 37.6 Å². The van der Waals surface area contributed by atoms with Crippen molar-refractivity contribution < 1.29 is 14.4 Å². The monoisotopic (exact) mass is 256 g/mol. The Morgan fingerprint density at radius 3 is 2.50 bits per heavy atom. The van der Waals surface area contributed by atoms with Gasteiger partial charge in [-0.1, -0.05) is 41.9 Å². The van der Waals surface area contributed by atoms with E-state index < -0.39 is 12.1 Å². The molecular weight excluding hydrogens is 239 g/mol. The Bertz CT molecular complexity index is 243. The van der Waals surface area contributed by atoms with Crippen LogP contribution >= 0.6 is 29.2 Å². The molecule has 0 aromatic rings. The first-order chi connectivity index (χ1) is 6.48. The second-order valence-electron chi connectivity index (χ2n) is 3.54. The Kier molecular flexibility index (Phi) is 4.42. The molecular formula is C8H17O3PS2. The first-order valence-electron chi connectivity index (χ1n) is 4.84. The maximum atomic E-state index is 11.6. The van der Waals surface area contributed by atoms with Gasteiger partial charge in [-0.15, -0.1) is 0 Å². The molecule has 0 saturated carbocycles. The average Bonchev–Trinajstić information content (AvgIpc) is 2.15. The molecule has 0 aromatic carbocycles. The van der Waals surface area contributed by atoms with Crippen molar-refractivity contribution in [3.8, 4) is 0 Å². The average molecular weight is 256 g/mol. The molecule has 1 heterocycles. The van der Waals surface area contributed by atoms with Gasteiger partial charge in [-0.3, -0.25) is 4.57 Å². The molecule has 0 spiro atoms. The van der Waals surface area contributed by atoms with E-state index in [-0.39, 0.29) is 5.92 Å². The van der Waals surface area contributed by atoms with Crippen LogP contribution in [0.1, 0.15) is 33.1 Å². The molecule has 3 nitrogen and oxygen atoms in total. The normalized spacial score (nSPS) is 34.4. The van der Waals surface area contributed by atoms with E-state index in [4.69, 9.17) is 0 Å². The third-order valence-electron chi connectivity index (χ3n) is 2.88. The molecule has 2 unspecified atom stereocenters. The van der Waals surface area contributed by atoms with Crippen LogP contribution in [-0.4, -0.2) is 20.0 Å². The Hall–Kier alpha value is 0.850. The maximum absolute atomic E-state index is 11.6. The van der Waals surface area contributed by atoms with Crippen LogP contribution in [0.25, 0.3) is 0 Å². The van der Waals surface area contributed by atoms with Crippen LogP contribution in [-0.2, 0) is 4.57 Å². The van der Waals surface area contributed by atoms with Gasteiger partial charge in [-0.25, -0.2) is 0 Å². The fraction of sp³-hybridized carbons (Fsp3) is 1.00. The molecule has 0 bridgehead atoms. The van der Waals surface area contributed by atoms with E-state index in [2.05, 4.69) is 0 Å². The topological polar surface area (TPSA) is 57.5 Å².